The van der Waals surface area contributed by atoms with Crippen LogP contribution in [0.5, 0.6) is 0 Å². The number of hydrogen-bond acceptors (Lipinski definition) is 20. The molecule has 4 aromatic heterocycles. The molecule has 8 aromatic carbocycles. The summed E-state index contributed by atoms with van der Waals surface area (Å²) in [5, 5.41) is 3.38. The number of carbonyl (C=O) groups excluding carboxylic acids is 4. The molecular weight excluding hydrogens is 1510 g/mol. The molecule has 20 nitrogen and oxygen atoms in total. The fraction of sp³-hybridized carbons (Fsp3) is 0.341. The lowest BCUT2D eigenvalue weighted by Crippen LogP contribution is -2.49. The first-order chi connectivity index (χ1) is 54.4. The Balaban J connectivity index is 0.000000132. The van der Waals surface area contributed by atoms with Crippen molar-refractivity contribution in [3.8, 4) is 0 Å². The Kier molecular flexibility index (Phi) is 25.9. The summed E-state index contributed by atoms with van der Waals surface area (Å²) >= 11 is 6.02. The topological polar surface area (TPSA) is 159 Å². The van der Waals surface area contributed by atoms with Crippen LogP contribution < -0.4 is 39.2 Å². The summed E-state index contributed by atoms with van der Waals surface area (Å²) in [7, 11) is 16.0. The van der Waals surface area contributed by atoms with Crippen molar-refractivity contribution in [2.45, 2.75) is 32.6 Å². The van der Waals surface area contributed by atoms with Gasteiger partial charge in [0.05, 0.1) is 50.0 Å². The van der Waals surface area contributed by atoms with Crippen molar-refractivity contribution in [1.82, 2.24) is 39.5 Å². The monoisotopic (exact) mass is 1610 g/mol. The molecule has 12 aromatic rings. The molecule has 4 aliphatic rings. The molecule has 0 unspecified atom stereocenters. The minimum atomic E-state index is -0.642. The van der Waals surface area contributed by atoms with Gasteiger partial charge in [-0.3, -0.25) is 19.2 Å². The van der Waals surface area contributed by atoms with E-state index in [2.05, 4.69) is 58.8 Å². The molecule has 0 bridgehead atoms. The van der Waals surface area contributed by atoms with Crippen molar-refractivity contribution >= 4 is 153 Å². The molecule has 4 saturated heterocycles. The van der Waals surface area contributed by atoms with E-state index >= 15 is 0 Å². The Hall–Kier alpha value is -10.7. The zero-order valence-corrected chi connectivity index (χ0v) is 68.4. The summed E-state index contributed by atoms with van der Waals surface area (Å²) in [6.07, 6.45) is 1.67. The Labute approximate surface area is 672 Å². The number of hydrogen-bond donors (Lipinski definition) is 0. The molecule has 0 radical (unpaired) electrons. The molecule has 0 saturated carbocycles. The van der Waals surface area contributed by atoms with Crippen LogP contribution in [0.15, 0.2) is 164 Å². The second-order valence-electron chi connectivity index (χ2n) is 29.3. The highest BCUT2D eigenvalue weighted by molar-refractivity contribution is 7.23. The highest BCUT2D eigenvalue weighted by Gasteiger charge is 2.29. The third-order valence-electron chi connectivity index (χ3n) is 20.5. The quantitative estimate of drug-likeness (QED) is 0.0840. The third kappa shape index (κ3) is 20.2. The predicted molar refractivity (Wildman–Crippen MR) is 456 cm³/mol. The van der Waals surface area contributed by atoms with Crippen molar-refractivity contribution in [3.63, 3.8) is 0 Å². The van der Waals surface area contributed by atoms with Gasteiger partial charge in [0.15, 0.2) is 32.2 Å². The van der Waals surface area contributed by atoms with E-state index in [1.807, 2.05) is 212 Å². The number of piperazine rings is 4. The van der Waals surface area contributed by atoms with E-state index in [-0.39, 0.29) is 40.8 Å². The first kappa shape index (κ1) is 80.4. The predicted octanol–water partition coefficient (Wildman–Crippen LogP) is 13.9. The second kappa shape index (κ2) is 36.4. The minimum Gasteiger partial charge on any atom is -0.378 e. The molecule has 0 aliphatic carbocycles. The fourth-order valence-electron chi connectivity index (χ4n) is 13.7. The average molecular weight is 1610 g/mol. The van der Waals surface area contributed by atoms with Crippen molar-refractivity contribution in [2.75, 3.05) is 200 Å². The smallest absolute Gasteiger partial charge is 0.227 e. The molecule has 28 heteroatoms. The molecule has 16 rings (SSSR count). The Bertz CT molecular complexity index is 5060. The van der Waals surface area contributed by atoms with E-state index in [0.717, 1.165) is 113 Å². The highest BCUT2D eigenvalue weighted by atomic mass is 32.1. The lowest BCUT2D eigenvalue weighted by atomic mass is 10.1. The van der Waals surface area contributed by atoms with E-state index in [1.165, 1.54) is 56.9 Å². The normalized spacial score (nSPS) is 14.5. The summed E-state index contributed by atoms with van der Waals surface area (Å²) in [6, 6.07) is 51.3. The molecule has 0 atom stereocenters. The van der Waals surface area contributed by atoms with E-state index in [4.69, 9.17) is 4.98 Å². The number of thiazole rings is 4. The van der Waals surface area contributed by atoms with Crippen LogP contribution in [0.1, 0.15) is 27.8 Å². The number of anilines is 8. The van der Waals surface area contributed by atoms with Gasteiger partial charge in [0, 0.05) is 190 Å². The van der Waals surface area contributed by atoms with Crippen molar-refractivity contribution in [2.24, 2.45) is 0 Å². The van der Waals surface area contributed by atoms with Crippen LogP contribution in [0.25, 0.3) is 40.9 Å². The van der Waals surface area contributed by atoms with Crippen molar-refractivity contribution in [3.05, 3.63) is 215 Å². The van der Waals surface area contributed by atoms with Gasteiger partial charge in [-0.2, -0.15) is 0 Å². The lowest BCUT2D eigenvalue weighted by Gasteiger charge is -2.34. The largest absolute Gasteiger partial charge is 0.378 e. The number of nitrogens with zero attached hydrogens (tertiary/aromatic N) is 16. The average Bonchev–Trinajstić information content (AvgIpc) is 1.68. The third-order valence-corrected chi connectivity index (χ3v) is 24.8. The number of amides is 4. The number of benzene rings is 8. The van der Waals surface area contributed by atoms with Gasteiger partial charge in [-0.25, -0.2) is 37.5 Å². The molecule has 0 N–H and O–H groups in total. The van der Waals surface area contributed by atoms with Crippen LogP contribution in [0.3, 0.4) is 0 Å². The maximum Gasteiger partial charge on any atom is 0.227 e. The molecule has 4 aliphatic heterocycles. The van der Waals surface area contributed by atoms with E-state index in [9.17, 15) is 36.7 Å². The van der Waals surface area contributed by atoms with Gasteiger partial charge in [0.25, 0.3) is 0 Å². The molecule has 590 valence electrons. The van der Waals surface area contributed by atoms with Crippen molar-refractivity contribution in [1.29, 1.82) is 0 Å². The number of aryl methyl sites for hydroxylation is 1. The van der Waals surface area contributed by atoms with Gasteiger partial charge in [-0.1, -0.05) is 112 Å². The standard InChI is InChI=1S/C22H25FN4OS.C21H22F2N4OS.C21H23FN4OS.C21H24N4OS/c1-15-12-18(23)21-19(13-15)29-22(24-21)27-10-8-26(9-11-27)20(28)14-16-4-6-17(7-5-16)25(2)3;1-25(2)16-5-3-14(4-6-16)11-19(28)26-7-9-27(10-8-26)21-24-20-17(23)12-15(22)13-18(20)29-21;1-24(2)16-8-6-15(7-9-16)14-19(27)25-10-12-26(13-11-25)21-23-20-17(22)4-3-5-18(20)28-21;1-23(2)17-9-7-16(8-10-17)15-20(26)24-11-13-25(14-12-24)21-22-18-5-3-4-6-19(18)27-21/h4-7,12-13H,8-11,14H2,1-3H3;3-6,12-13H,7-11H2,1-2H3;3-9H,10-14H2,1-2H3;3-10H,11-15H2,1-2H3. The lowest BCUT2D eigenvalue weighted by molar-refractivity contribution is -0.131. The number of halogens is 4. The van der Waals surface area contributed by atoms with Gasteiger partial charge in [-0.15, -0.1) is 0 Å². The zero-order chi connectivity index (χ0) is 79.6. The van der Waals surface area contributed by atoms with Gasteiger partial charge in [0.1, 0.15) is 28.2 Å². The zero-order valence-electron chi connectivity index (χ0n) is 65.2. The van der Waals surface area contributed by atoms with E-state index in [0.29, 0.717) is 125 Å². The maximum atomic E-state index is 14.1. The van der Waals surface area contributed by atoms with Gasteiger partial charge in [0.2, 0.25) is 23.6 Å². The minimum absolute atomic E-state index is 0.0969. The summed E-state index contributed by atoms with van der Waals surface area (Å²) in [4.78, 5) is 93.1. The van der Waals surface area contributed by atoms with Gasteiger partial charge in [-0.05, 0) is 126 Å². The number of carbonyl (C=O) groups is 4. The van der Waals surface area contributed by atoms with Gasteiger partial charge < -0.3 is 58.8 Å². The Morgan fingerprint density at radius 2 is 0.611 bits per heavy atom. The van der Waals surface area contributed by atoms with E-state index in [1.54, 1.807) is 17.4 Å². The van der Waals surface area contributed by atoms with Crippen LogP contribution >= 0.6 is 45.3 Å². The number of fused-ring (bicyclic) bond motifs is 4. The number of rotatable bonds is 16. The van der Waals surface area contributed by atoms with Crippen LogP contribution in [0.2, 0.25) is 0 Å². The first-order valence-electron chi connectivity index (χ1n) is 37.8. The Morgan fingerprint density at radius 1 is 0.319 bits per heavy atom. The fourth-order valence-corrected chi connectivity index (χ4v) is 18.0. The molecule has 8 heterocycles. The molecular formula is C85H94F4N16O4S4. The van der Waals surface area contributed by atoms with Crippen LogP contribution in [-0.2, 0) is 44.9 Å². The SMILES string of the molecule is CN(C)c1ccc(CC(=O)N2CCN(c3nc4c(F)cc(F)cc4s3)CC2)cc1.CN(C)c1ccc(CC(=O)N2CCN(c3nc4c(F)cccc4s3)CC2)cc1.CN(C)c1ccc(CC(=O)N2CCN(c3nc4ccccc4s3)CC2)cc1.Cc1cc(F)c2nc(N3CCN(C(=O)Cc4ccc(N(C)C)cc4)CC3)sc2c1. The summed E-state index contributed by atoms with van der Waals surface area (Å²) < 4.78 is 58.8. The second-order valence-corrected chi connectivity index (χ2v) is 33.3. The molecule has 4 amide bonds. The van der Waals surface area contributed by atoms with Crippen molar-refractivity contribution < 1.29 is 36.7 Å². The Morgan fingerprint density at radius 3 is 0.947 bits per heavy atom. The summed E-state index contributed by atoms with van der Waals surface area (Å²) in [5.41, 5.74) is 11.6. The first-order valence-corrected chi connectivity index (χ1v) is 41.1. The summed E-state index contributed by atoms with van der Waals surface area (Å²) in [5.74, 6) is -1.20. The van der Waals surface area contributed by atoms with Crippen LogP contribution in [-0.4, -0.2) is 224 Å². The maximum absolute atomic E-state index is 14.1. The molecule has 113 heavy (non-hydrogen) atoms. The number of para-hydroxylation sites is 2. The molecule has 4 fully saturated rings. The van der Waals surface area contributed by atoms with Gasteiger partial charge >= 0.3 is 0 Å². The number of aromatic nitrogens is 4. The van der Waals surface area contributed by atoms with Crippen LogP contribution in [0, 0.1) is 30.2 Å². The van der Waals surface area contributed by atoms with E-state index < -0.39 is 11.6 Å². The van der Waals surface area contributed by atoms with Crippen LogP contribution in [0.4, 0.5) is 60.8 Å². The highest BCUT2D eigenvalue weighted by Crippen LogP contribution is 2.36. The molecule has 0 spiro atoms. The summed E-state index contributed by atoms with van der Waals surface area (Å²) in [6.45, 7) is 13.0.